The summed E-state index contributed by atoms with van der Waals surface area (Å²) in [5, 5.41) is 0. The van der Waals surface area contributed by atoms with Gasteiger partial charge in [0.25, 0.3) is 0 Å². The fraction of sp³-hybridized carbons (Fsp3) is 0.467. The van der Waals surface area contributed by atoms with Crippen molar-refractivity contribution in [3.05, 3.63) is 41.6 Å². The predicted molar refractivity (Wildman–Crippen MR) is 77.5 cm³/mol. The number of methoxy groups -OCH3 is 1. The largest absolute Gasteiger partial charge is 0.532 e. The summed E-state index contributed by atoms with van der Waals surface area (Å²) < 4.78 is 17.4. The Morgan fingerprint density at radius 3 is 2.05 bits per heavy atom. The van der Waals surface area contributed by atoms with E-state index >= 15 is 0 Å². The number of rotatable bonds is 3. The summed E-state index contributed by atoms with van der Waals surface area (Å²) >= 11 is 0. The summed E-state index contributed by atoms with van der Waals surface area (Å²) in [6.45, 7) is 8.12. The second-order valence-electron chi connectivity index (χ2n) is 5.75. The van der Waals surface area contributed by atoms with Crippen molar-refractivity contribution in [3.63, 3.8) is 0 Å². The van der Waals surface area contributed by atoms with Crippen molar-refractivity contribution in [2.24, 2.45) is 0 Å². The van der Waals surface area contributed by atoms with Gasteiger partial charge >= 0.3 is 7.12 Å². The highest BCUT2D eigenvalue weighted by Crippen LogP contribution is 2.38. The molecule has 19 heavy (non-hydrogen) atoms. The van der Waals surface area contributed by atoms with Crippen LogP contribution in [0.4, 0.5) is 0 Å². The third-order valence-electron chi connectivity index (χ3n) is 3.83. The van der Waals surface area contributed by atoms with E-state index in [2.05, 4.69) is 0 Å². The number of hydrogen-bond donors (Lipinski definition) is 0. The Kier molecular flexibility index (Phi) is 3.74. The van der Waals surface area contributed by atoms with Crippen molar-refractivity contribution in [2.75, 3.05) is 7.11 Å². The molecule has 0 bridgehead atoms. The molecule has 2 rings (SSSR count). The topological polar surface area (TPSA) is 27.7 Å². The van der Waals surface area contributed by atoms with E-state index in [0.717, 1.165) is 5.56 Å². The minimum atomic E-state index is -0.463. The molecule has 3 nitrogen and oxygen atoms in total. The van der Waals surface area contributed by atoms with Crippen LogP contribution in [0.1, 0.15) is 33.3 Å². The van der Waals surface area contributed by atoms with E-state index in [1.165, 1.54) is 0 Å². The summed E-state index contributed by atoms with van der Waals surface area (Å²) in [6, 6.07) is 10.00. The highest BCUT2D eigenvalue weighted by atomic mass is 16.7. The molecule has 1 saturated heterocycles. The molecule has 0 unspecified atom stereocenters. The van der Waals surface area contributed by atoms with Gasteiger partial charge in [0.1, 0.15) is 5.66 Å². The highest BCUT2D eigenvalue weighted by Gasteiger charge is 2.53. The lowest BCUT2D eigenvalue weighted by atomic mass is 9.85. The van der Waals surface area contributed by atoms with E-state index in [0.29, 0.717) is 5.66 Å². The van der Waals surface area contributed by atoms with Crippen LogP contribution in [0.5, 0.6) is 0 Å². The Hall–Kier alpha value is -1.26. The molecule has 0 spiro atoms. The lowest BCUT2D eigenvalue weighted by Crippen LogP contribution is -2.41. The molecule has 1 aromatic rings. The quantitative estimate of drug-likeness (QED) is 0.616. The Bertz CT molecular complexity index is 450. The zero-order chi connectivity index (χ0) is 14.1. The normalized spacial score (nSPS) is 21.5. The smallest absolute Gasteiger partial charge is 0.505 e. The Balaban J connectivity index is 2.23. The van der Waals surface area contributed by atoms with E-state index in [9.17, 15) is 0 Å². The van der Waals surface area contributed by atoms with Crippen LogP contribution < -0.4 is 0 Å². The number of ether oxygens (including phenoxy) is 1. The molecule has 0 saturated carbocycles. The van der Waals surface area contributed by atoms with Gasteiger partial charge in [-0.05, 0) is 39.3 Å². The molecule has 4 heteroatoms. The molecule has 0 atom stereocenters. The van der Waals surface area contributed by atoms with E-state index < -0.39 is 7.12 Å². The zero-order valence-corrected chi connectivity index (χ0v) is 12.3. The third-order valence-corrected chi connectivity index (χ3v) is 3.83. The summed E-state index contributed by atoms with van der Waals surface area (Å²) in [5.41, 5.74) is 1.04. The lowest BCUT2D eigenvalue weighted by Gasteiger charge is -2.32. The summed E-state index contributed by atoms with van der Waals surface area (Å²) in [6.07, 6.45) is 1.95. The van der Waals surface area contributed by atoms with Crippen molar-refractivity contribution >= 4 is 13.2 Å². The molecule has 0 N–H and O–H groups in total. The molecule has 1 aliphatic rings. The Morgan fingerprint density at radius 1 is 1.05 bits per heavy atom. The minimum absolute atomic E-state index is 0.355. The van der Waals surface area contributed by atoms with Gasteiger partial charge in [-0.2, -0.15) is 0 Å². The van der Waals surface area contributed by atoms with Crippen LogP contribution in [0.25, 0.3) is 6.08 Å². The Morgan fingerprint density at radius 2 is 1.58 bits per heavy atom. The second kappa shape index (κ2) is 5.02. The number of benzene rings is 1. The maximum Gasteiger partial charge on any atom is 0.532 e. The van der Waals surface area contributed by atoms with E-state index in [1.807, 2.05) is 64.1 Å². The molecular weight excluding hydrogens is 239 g/mol. The molecule has 0 radical (unpaired) electrons. The molecule has 0 aromatic heterocycles. The standard InChI is InChI=1S/C15H21BO3/c1-14(2)15(3,4)19-16(18-14)13(17-5)11-12-9-7-6-8-10-12/h6-11H,1-5H3/b13-11-. The van der Waals surface area contributed by atoms with Gasteiger partial charge in [0, 0.05) is 0 Å². The first kappa shape index (κ1) is 14.2. The van der Waals surface area contributed by atoms with Crippen LogP contribution in [-0.2, 0) is 14.0 Å². The minimum Gasteiger partial charge on any atom is -0.505 e. The molecule has 0 aliphatic carbocycles. The summed E-state index contributed by atoms with van der Waals surface area (Å²) in [5.74, 6) is 0. The second-order valence-corrected chi connectivity index (χ2v) is 5.75. The molecule has 0 amide bonds. The van der Waals surface area contributed by atoms with Gasteiger partial charge in [0.2, 0.25) is 0 Å². The van der Waals surface area contributed by atoms with Crippen LogP contribution >= 0.6 is 0 Å². The van der Waals surface area contributed by atoms with Gasteiger partial charge in [-0.15, -0.1) is 0 Å². The fourth-order valence-electron chi connectivity index (χ4n) is 1.90. The zero-order valence-electron chi connectivity index (χ0n) is 12.3. The van der Waals surface area contributed by atoms with Gasteiger partial charge in [-0.1, -0.05) is 30.3 Å². The lowest BCUT2D eigenvalue weighted by molar-refractivity contribution is 0.00578. The predicted octanol–water partition coefficient (Wildman–Crippen LogP) is 3.31. The van der Waals surface area contributed by atoms with Gasteiger partial charge < -0.3 is 14.0 Å². The van der Waals surface area contributed by atoms with Gasteiger partial charge in [-0.3, -0.25) is 0 Å². The van der Waals surface area contributed by atoms with Crippen LogP contribution in [0, 0.1) is 0 Å². The van der Waals surface area contributed by atoms with Gasteiger partial charge in [-0.25, -0.2) is 0 Å². The first-order valence-electron chi connectivity index (χ1n) is 6.52. The summed E-state index contributed by atoms with van der Waals surface area (Å²) in [4.78, 5) is 0. The maximum absolute atomic E-state index is 5.97. The first-order valence-corrected chi connectivity index (χ1v) is 6.52. The van der Waals surface area contributed by atoms with Crippen LogP contribution in [0.15, 0.2) is 36.0 Å². The van der Waals surface area contributed by atoms with Crippen LogP contribution in [-0.4, -0.2) is 25.4 Å². The molecular formula is C15H21BO3. The van der Waals surface area contributed by atoms with Crippen LogP contribution in [0.3, 0.4) is 0 Å². The van der Waals surface area contributed by atoms with Crippen molar-refractivity contribution in [3.8, 4) is 0 Å². The van der Waals surface area contributed by atoms with E-state index in [-0.39, 0.29) is 11.2 Å². The first-order chi connectivity index (χ1) is 8.86. The maximum atomic E-state index is 5.97. The van der Waals surface area contributed by atoms with Gasteiger partial charge in [0.05, 0.1) is 18.3 Å². The van der Waals surface area contributed by atoms with Crippen molar-refractivity contribution < 1.29 is 14.0 Å². The fourth-order valence-corrected chi connectivity index (χ4v) is 1.90. The molecule has 1 heterocycles. The van der Waals surface area contributed by atoms with Crippen molar-refractivity contribution in [1.29, 1.82) is 0 Å². The summed E-state index contributed by atoms with van der Waals surface area (Å²) in [7, 11) is 1.18. The average Bonchev–Trinajstić information content (AvgIpc) is 2.56. The number of hydrogen-bond acceptors (Lipinski definition) is 3. The van der Waals surface area contributed by atoms with Gasteiger partial charge in [0.15, 0.2) is 0 Å². The SMILES string of the molecule is CO/C(=C\c1ccccc1)B1OC(C)(C)C(C)(C)O1. The third kappa shape index (κ3) is 2.85. The average molecular weight is 260 g/mol. The molecule has 102 valence electrons. The monoisotopic (exact) mass is 260 g/mol. The van der Waals surface area contributed by atoms with Crippen molar-refractivity contribution in [1.82, 2.24) is 0 Å². The Labute approximate surface area is 115 Å². The van der Waals surface area contributed by atoms with Crippen molar-refractivity contribution in [2.45, 2.75) is 38.9 Å². The molecule has 1 aliphatic heterocycles. The van der Waals surface area contributed by atoms with Crippen LogP contribution in [0.2, 0.25) is 0 Å². The van der Waals surface area contributed by atoms with E-state index in [4.69, 9.17) is 14.0 Å². The van der Waals surface area contributed by atoms with E-state index in [1.54, 1.807) is 7.11 Å². The molecule has 1 fully saturated rings. The highest BCUT2D eigenvalue weighted by molar-refractivity contribution is 6.54. The molecule has 1 aromatic carbocycles.